The maximum absolute atomic E-state index is 5.03. The molecule has 0 aromatic rings. The van der Waals surface area contributed by atoms with Crippen LogP contribution >= 0.6 is 0 Å². The molecule has 0 fully saturated rings. The zero-order chi connectivity index (χ0) is 3.58. The zero-order valence-electron chi connectivity index (χ0n) is 3.43. The van der Waals surface area contributed by atoms with Gasteiger partial charge in [-0.15, -0.1) is 0 Å². The van der Waals surface area contributed by atoms with E-state index in [2.05, 4.69) is 0 Å². The van der Waals surface area contributed by atoms with Crippen molar-refractivity contribution in [1.82, 2.24) is 0 Å². The van der Waals surface area contributed by atoms with E-state index in [0.29, 0.717) is 0 Å². The molecule has 0 heterocycles. The Kier molecular flexibility index (Phi) is 7.88. The standard InChI is InChI=1S/C4H7.Ru/c1-4(2)3;/h1H,2-3H3;. The topological polar surface area (TPSA) is 0 Å². The van der Waals surface area contributed by atoms with Crippen molar-refractivity contribution in [1.29, 1.82) is 0 Å². The van der Waals surface area contributed by atoms with Crippen LogP contribution in [0.25, 0.3) is 0 Å². The summed E-state index contributed by atoms with van der Waals surface area (Å²) in [4.78, 5) is 0. The quantitative estimate of drug-likeness (QED) is 0.465. The van der Waals surface area contributed by atoms with Gasteiger partial charge in [-0.1, -0.05) is 12.2 Å². The van der Waals surface area contributed by atoms with Crippen molar-refractivity contribution in [2.75, 3.05) is 0 Å². The maximum Gasteiger partial charge on any atom is 0 e. The van der Waals surface area contributed by atoms with Crippen LogP contribution < -0.4 is 0 Å². The van der Waals surface area contributed by atoms with Crippen molar-refractivity contribution in [2.45, 2.75) is 13.8 Å². The molecule has 0 aromatic heterocycles. The summed E-state index contributed by atoms with van der Waals surface area (Å²) in [6.45, 7) is 8.75. The van der Waals surface area contributed by atoms with Crippen molar-refractivity contribution in [2.24, 2.45) is 0 Å². The smallest absolute Gasteiger partial charge is 0 e. The van der Waals surface area contributed by atoms with Gasteiger partial charge in [0.1, 0.15) is 0 Å². The Morgan fingerprint density at radius 2 is 1.40 bits per heavy atom. The first kappa shape index (κ1) is 9.03. The fourth-order valence-electron chi connectivity index (χ4n) is 0. The molecule has 0 atom stereocenters. The fraction of sp³-hybridized carbons (Fsp3) is 0.500. The third kappa shape index (κ3) is 185. The average Bonchev–Trinajstić information content (AvgIpc) is 0.811. The Hall–Kier alpha value is 0.363. The van der Waals surface area contributed by atoms with E-state index in [1.807, 2.05) is 13.8 Å². The Morgan fingerprint density at radius 1 is 1.40 bits per heavy atom. The number of hydrogen-bond acceptors (Lipinski definition) is 0. The summed E-state index contributed by atoms with van der Waals surface area (Å²) in [5.41, 5.74) is 0.917. The first-order valence-electron chi connectivity index (χ1n) is 1.29. The molecule has 0 N–H and O–H groups in total. The predicted molar refractivity (Wildman–Crippen MR) is 19.2 cm³/mol. The van der Waals surface area contributed by atoms with Gasteiger partial charge in [0.15, 0.2) is 0 Å². The van der Waals surface area contributed by atoms with Crippen LogP contribution in [0, 0.1) is 6.58 Å². The van der Waals surface area contributed by atoms with Crippen LogP contribution in [-0.4, -0.2) is 0 Å². The van der Waals surface area contributed by atoms with Crippen LogP contribution in [-0.2, 0) is 19.5 Å². The summed E-state index contributed by atoms with van der Waals surface area (Å²) < 4.78 is 0. The van der Waals surface area contributed by atoms with Gasteiger partial charge in [0.05, 0.1) is 0 Å². The molecule has 1 radical (unpaired) electrons. The van der Waals surface area contributed by atoms with E-state index >= 15 is 0 Å². The average molecular weight is 156 g/mol. The van der Waals surface area contributed by atoms with Gasteiger partial charge in [-0.3, -0.25) is 0 Å². The second-order valence-corrected chi connectivity index (χ2v) is 1.08. The molecule has 0 aliphatic carbocycles. The Bertz CT molecular complexity index is 26.6. The van der Waals surface area contributed by atoms with Gasteiger partial charge in [0.2, 0.25) is 0 Å². The molecule has 0 amide bonds. The van der Waals surface area contributed by atoms with E-state index in [-0.39, 0.29) is 19.5 Å². The molecule has 0 spiro atoms. The minimum absolute atomic E-state index is 0. The predicted octanol–water partition coefficient (Wildman–Crippen LogP) is 1.38. The van der Waals surface area contributed by atoms with Crippen molar-refractivity contribution < 1.29 is 19.5 Å². The molecule has 0 rings (SSSR count). The molecule has 0 aliphatic heterocycles. The van der Waals surface area contributed by atoms with Crippen LogP contribution in [0.1, 0.15) is 13.8 Å². The van der Waals surface area contributed by atoms with Crippen LogP contribution in [0.4, 0.5) is 0 Å². The summed E-state index contributed by atoms with van der Waals surface area (Å²) in [5.74, 6) is 0. The second-order valence-electron chi connectivity index (χ2n) is 1.08. The van der Waals surface area contributed by atoms with Gasteiger partial charge in [0.25, 0.3) is 0 Å². The van der Waals surface area contributed by atoms with Gasteiger partial charge >= 0.3 is 0 Å². The molecule has 1 heteroatoms. The number of rotatable bonds is 0. The molecule has 0 saturated heterocycles. The SMILES string of the molecule is [CH]=C(C)C.[Ru]. The van der Waals surface area contributed by atoms with E-state index in [0.717, 1.165) is 5.57 Å². The van der Waals surface area contributed by atoms with E-state index in [4.69, 9.17) is 6.58 Å². The summed E-state index contributed by atoms with van der Waals surface area (Å²) >= 11 is 0. The van der Waals surface area contributed by atoms with Gasteiger partial charge in [0, 0.05) is 19.5 Å². The van der Waals surface area contributed by atoms with E-state index in [9.17, 15) is 0 Å². The molecule has 0 nitrogen and oxygen atoms in total. The van der Waals surface area contributed by atoms with Crippen LogP contribution in [0.5, 0.6) is 0 Å². The van der Waals surface area contributed by atoms with Gasteiger partial charge < -0.3 is 0 Å². The molecule has 0 aliphatic rings. The van der Waals surface area contributed by atoms with Crippen LogP contribution in [0.2, 0.25) is 0 Å². The van der Waals surface area contributed by atoms with Crippen molar-refractivity contribution in [3.63, 3.8) is 0 Å². The molecule has 0 saturated carbocycles. The van der Waals surface area contributed by atoms with Gasteiger partial charge in [-0.05, 0) is 13.8 Å². The molecule has 0 aromatic carbocycles. The van der Waals surface area contributed by atoms with E-state index in [1.165, 1.54) is 0 Å². The van der Waals surface area contributed by atoms with Gasteiger partial charge in [-0.2, -0.15) is 0 Å². The second kappa shape index (κ2) is 4.36. The van der Waals surface area contributed by atoms with Crippen LogP contribution in [0.15, 0.2) is 5.57 Å². The summed E-state index contributed by atoms with van der Waals surface area (Å²) in [7, 11) is 0. The summed E-state index contributed by atoms with van der Waals surface area (Å²) in [6, 6.07) is 0. The van der Waals surface area contributed by atoms with Crippen molar-refractivity contribution in [3.05, 3.63) is 12.2 Å². The Morgan fingerprint density at radius 3 is 1.40 bits per heavy atom. The van der Waals surface area contributed by atoms with Crippen molar-refractivity contribution >= 4 is 0 Å². The molecular weight excluding hydrogens is 149 g/mol. The zero-order valence-corrected chi connectivity index (χ0v) is 5.17. The normalized spacial score (nSPS) is 5.20. The fourth-order valence-corrected chi connectivity index (χ4v) is 0. The number of hydrogen-bond donors (Lipinski definition) is 0. The van der Waals surface area contributed by atoms with Crippen molar-refractivity contribution in [3.8, 4) is 0 Å². The largest absolute Gasteiger partial charge is 0.0764 e. The van der Waals surface area contributed by atoms with Crippen LogP contribution in [0.3, 0.4) is 0 Å². The first-order valence-corrected chi connectivity index (χ1v) is 1.29. The monoisotopic (exact) mass is 157 g/mol. The third-order valence-corrected chi connectivity index (χ3v) is 0. The maximum atomic E-state index is 5.03. The van der Waals surface area contributed by atoms with Gasteiger partial charge in [-0.25, -0.2) is 0 Å². The van der Waals surface area contributed by atoms with E-state index < -0.39 is 0 Å². The summed E-state index contributed by atoms with van der Waals surface area (Å²) in [5, 5.41) is 0. The third-order valence-electron chi connectivity index (χ3n) is 0. The van der Waals surface area contributed by atoms with E-state index in [1.54, 1.807) is 0 Å². The minimum Gasteiger partial charge on any atom is -0.0764 e. The minimum atomic E-state index is 0. The molecule has 31 valence electrons. The molecule has 0 unspecified atom stereocenters. The Labute approximate surface area is 46.0 Å². The molecular formula is C4H7Ru. The molecule has 0 bridgehead atoms. The molecule has 5 heavy (non-hydrogen) atoms. The summed E-state index contributed by atoms with van der Waals surface area (Å²) in [6.07, 6.45) is 0. The number of allylic oxidation sites excluding steroid dienone is 1. The Balaban J connectivity index is 0. The first-order chi connectivity index (χ1) is 1.73.